The molecule has 0 radical (unpaired) electrons. The van der Waals surface area contributed by atoms with Crippen molar-refractivity contribution in [3.05, 3.63) is 83.1 Å². The number of likely N-dealkylation sites (N-methyl/N-ethyl adjacent to an activating group) is 2. The second kappa shape index (κ2) is 10.7. The predicted octanol–water partition coefficient (Wildman–Crippen LogP) is 3.88. The summed E-state index contributed by atoms with van der Waals surface area (Å²) in [6.07, 6.45) is 3.34. The van der Waals surface area contributed by atoms with Gasteiger partial charge in [-0.1, -0.05) is 48.0 Å². The lowest BCUT2D eigenvalue weighted by atomic mass is 10.00. The summed E-state index contributed by atoms with van der Waals surface area (Å²) in [6, 6.07) is 16.8. The number of hydrogen-bond donors (Lipinski definition) is 2. The summed E-state index contributed by atoms with van der Waals surface area (Å²) in [5.74, 6) is -0.236. The van der Waals surface area contributed by atoms with Crippen LogP contribution in [0.5, 0.6) is 0 Å². The van der Waals surface area contributed by atoms with Crippen LogP contribution in [0.3, 0.4) is 0 Å². The Kier molecular flexibility index (Phi) is 7.23. The van der Waals surface area contributed by atoms with Crippen LogP contribution in [0.15, 0.2) is 67.0 Å². The molecule has 1 aromatic heterocycles. The van der Waals surface area contributed by atoms with E-state index in [0.717, 1.165) is 37.3 Å². The summed E-state index contributed by atoms with van der Waals surface area (Å²) in [4.78, 5) is 36.8. The highest BCUT2D eigenvalue weighted by Gasteiger charge is 2.29. The number of piperazine rings is 1. The number of nitrogens with zero attached hydrogens (tertiary/aromatic N) is 4. The molecule has 2 aliphatic rings. The Morgan fingerprint density at radius 2 is 1.86 bits per heavy atom. The average molecular weight is 517 g/mol. The zero-order valence-corrected chi connectivity index (χ0v) is 21.6. The molecule has 0 saturated carbocycles. The van der Waals surface area contributed by atoms with Gasteiger partial charge in [0.2, 0.25) is 5.91 Å². The Labute approximate surface area is 221 Å². The number of aromatic nitrogens is 1. The molecule has 3 heterocycles. The van der Waals surface area contributed by atoms with Crippen molar-refractivity contribution in [2.75, 3.05) is 62.4 Å². The van der Waals surface area contributed by atoms with Gasteiger partial charge in [0, 0.05) is 50.0 Å². The van der Waals surface area contributed by atoms with Gasteiger partial charge in [0.1, 0.15) is 0 Å². The molecule has 8 nitrogen and oxygen atoms in total. The van der Waals surface area contributed by atoms with E-state index in [9.17, 15) is 9.59 Å². The number of hydrogen-bond acceptors (Lipinski definition) is 6. The fourth-order valence-electron chi connectivity index (χ4n) is 4.63. The number of carbonyl (C=O) groups excluding carboxylic acids is 2. The normalized spacial score (nSPS) is 17.2. The maximum absolute atomic E-state index is 13.2. The highest BCUT2D eigenvalue weighted by molar-refractivity contribution is 6.38. The minimum atomic E-state index is -0.228. The van der Waals surface area contributed by atoms with Crippen LogP contribution < -0.4 is 15.5 Å². The number of carbonyl (C=O) groups is 2. The standard InChI is InChI=1S/C28H29ClN6O2/c1-33-12-14-35(15-13-33)18-25(36)34(2)24-10-11-30-17-23(24)31-27(19-6-4-3-5-7-19)26-21-9-8-20(29)16-22(21)32-28(26)37/h3-11,16-17,31H,12-15,18H2,1-2H3,(H,32,37). The van der Waals surface area contributed by atoms with Crippen molar-refractivity contribution < 1.29 is 9.59 Å². The van der Waals surface area contributed by atoms with E-state index in [2.05, 4.69) is 32.5 Å². The number of anilines is 3. The monoisotopic (exact) mass is 516 g/mol. The molecule has 2 amide bonds. The molecular weight excluding hydrogens is 488 g/mol. The van der Waals surface area contributed by atoms with Gasteiger partial charge in [0.05, 0.1) is 41.1 Å². The topological polar surface area (TPSA) is 80.8 Å². The van der Waals surface area contributed by atoms with Gasteiger partial charge in [-0.3, -0.25) is 19.5 Å². The molecule has 3 aromatic rings. The number of pyridine rings is 1. The number of fused-ring (bicyclic) bond motifs is 1. The van der Waals surface area contributed by atoms with Crippen LogP contribution in [-0.2, 0) is 9.59 Å². The lowest BCUT2D eigenvalue weighted by Crippen LogP contribution is -2.48. The molecule has 0 bridgehead atoms. The molecule has 0 spiro atoms. The maximum Gasteiger partial charge on any atom is 0.258 e. The first-order valence-corrected chi connectivity index (χ1v) is 12.6. The van der Waals surface area contributed by atoms with Crippen LogP contribution in [0.2, 0.25) is 5.02 Å². The molecule has 0 aliphatic carbocycles. The molecular formula is C28H29ClN6O2. The third-order valence-corrected chi connectivity index (χ3v) is 7.02. The van der Waals surface area contributed by atoms with E-state index in [4.69, 9.17) is 11.6 Å². The average Bonchev–Trinajstić information content (AvgIpc) is 3.23. The van der Waals surface area contributed by atoms with Crippen LogP contribution in [0.25, 0.3) is 11.3 Å². The Balaban J connectivity index is 1.50. The Bertz CT molecular complexity index is 1350. The molecule has 2 aliphatic heterocycles. The largest absolute Gasteiger partial charge is 0.351 e. The Morgan fingerprint density at radius 1 is 1.11 bits per heavy atom. The smallest absolute Gasteiger partial charge is 0.258 e. The van der Waals surface area contributed by atoms with Crippen LogP contribution in [0, 0.1) is 0 Å². The van der Waals surface area contributed by atoms with E-state index in [1.807, 2.05) is 36.4 Å². The molecule has 0 atom stereocenters. The maximum atomic E-state index is 13.2. The number of rotatable bonds is 6. The Hall–Kier alpha value is -3.72. The lowest BCUT2D eigenvalue weighted by Gasteiger charge is -2.33. The molecule has 190 valence electrons. The quantitative estimate of drug-likeness (QED) is 0.484. The number of amides is 2. The summed E-state index contributed by atoms with van der Waals surface area (Å²) in [5, 5.41) is 6.91. The van der Waals surface area contributed by atoms with Gasteiger partial charge in [-0.05, 0) is 30.8 Å². The van der Waals surface area contributed by atoms with Gasteiger partial charge in [-0.25, -0.2) is 0 Å². The minimum Gasteiger partial charge on any atom is -0.351 e. The van der Waals surface area contributed by atoms with Gasteiger partial charge in [-0.2, -0.15) is 0 Å². The van der Waals surface area contributed by atoms with E-state index in [0.29, 0.717) is 39.9 Å². The first-order chi connectivity index (χ1) is 17.9. The van der Waals surface area contributed by atoms with Crippen molar-refractivity contribution in [2.45, 2.75) is 0 Å². The summed E-state index contributed by atoms with van der Waals surface area (Å²) >= 11 is 6.17. The van der Waals surface area contributed by atoms with Crippen LogP contribution >= 0.6 is 11.6 Å². The number of benzene rings is 2. The second-order valence-corrected chi connectivity index (χ2v) is 9.75. The van der Waals surface area contributed by atoms with Gasteiger partial charge >= 0.3 is 0 Å². The molecule has 2 aromatic carbocycles. The van der Waals surface area contributed by atoms with Crippen molar-refractivity contribution in [3.63, 3.8) is 0 Å². The van der Waals surface area contributed by atoms with Crippen LogP contribution in [0.1, 0.15) is 11.1 Å². The van der Waals surface area contributed by atoms with E-state index in [1.54, 1.807) is 42.5 Å². The number of nitrogens with one attached hydrogen (secondary N) is 2. The third-order valence-electron chi connectivity index (χ3n) is 6.79. The first-order valence-electron chi connectivity index (χ1n) is 12.2. The van der Waals surface area contributed by atoms with Crippen molar-refractivity contribution in [2.24, 2.45) is 0 Å². The first kappa shape index (κ1) is 25.0. The molecule has 9 heteroatoms. The van der Waals surface area contributed by atoms with Gasteiger partial charge < -0.3 is 20.4 Å². The third kappa shape index (κ3) is 5.36. The molecule has 37 heavy (non-hydrogen) atoms. The second-order valence-electron chi connectivity index (χ2n) is 9.31. The predicted molar refractivity (Wildman–Crippen MR) is 149 cm³/mol. The zero-order valence-electron chi connectivity index (χ0n) is 20.9. The summed E-state index contributed by atoms with van der Waals surface area (Å²) < 4.78 is 0. The molecule has 1 fully saturated rings. The van der Waals surface area contributed by atoms with Gasteiger partial charge in [0.25, 0.3) is 5.91 Å². The van der Waals surface area contributed by atoms with E-state index >= 15 is 0 Å². The SMILES string of the molecule is CN1CCN(CC(=O)N(C)c2ccncc2NC(=C2C(=O)Nc3cc(Cl)ccc32)c2ccccc2)CC1. The zero-order chi connectivity index (χ0) is 25.9. The molecule has 1 saturated heterocycles. The van der Waals surface area contributed by atoms with Crippen molar-refractivity contribution >= 4 is 51.7 Å². The molecule has 2 N–H and O–H groups in total. The minimum absolute atomic E-state index is 0.00804. The molecule has 5 rings (SSSR count). The molecule has 0 unspecified atom stereocenters. The van der Waals surface area contributed by atoms with Crippen molar-refractivity contribution in [1.82, 2.24) is 14.8 Å². The fourth-order valence-corrected chi connectivity index (χ4v) is 4.80. The summed E-state index contributed by atoms with van der Waals surface area (Å²) in [6.45, 7) is 3.96. The highest BCUT2D eigenvalue weighted by atomic mass is 35.5. The van der Waals surface area contributed by atoms with E-state index in [-0.39, 0.29) is 11.8 Å². The van der Waals surface area contributed by atoms with Crippen LogP contribution in [0.4, 0.5) is 17.1 Å². The lowest BCUT2D eigenvalue weighted by molar-refractivity contribution is -0.119. The van der Waals surface area contributed by atoms with Gasteiger partial charge in [-0.15, -0.1) is 0 Å². The Morgan fingerprint density at radius 3 is 2.62 bits per heavy atom. The summed E-state index contributed by atoms with van der Waals surface area (Å²) in [5.41, 5.74) is 4.67. The van der Waals surface area contributed by atoms with E-state index in [1.165, 1.54) is 0 Å². The van der Waals surface area contributed by atoms with Gasteiger partial charge in [0.15, 0.2) is 0 Å². The van der Waals surface area contributed by atoms with Crippen LogP contribution in [-0.4, -0.2) is 73.4 Å². The highest BCUT2D eigenvalue weighted by Crippen LogP contribution is 2.39. The van der Waals surface area contributed by atoms with Crippen molar-refractivity contribution in [3.8, 4) is 0 Å². The van der Waals surface area contributed by atoms with Crippen molar-refractivity contribution in [1.29, 1.82) is 0 Å². The number of halogens is 1. The summed E-state index contributed by atoms with van der Waals surface area (Å²) in [7, 11) is 3.87. The fraction of sp³-hybridized carbons (Fsp3) is 0.250. The van der Waals surface area contributed by atoms with E-state index < -0.39 is 0 Å².